The molecular weight excluding hydrogens is 252 g/mol. The normalized spacial score (nSPS) is 10.1. The Morgan fingerprint density at radius 2 is 2.15 bits per heavy atom. The Labute approximate surface area is 118 Å². The second-order valence-corrected chi connectivity index (χ2v) is 4.51. The van der Waals surface area contributed by atoms with E-state index in [0.717, 1.165) is 16.9 Å². The quantitative estimate of drug-likeness (QED) is 0.894. The molecule has 0 atom stereocenters. The van der Waals surface area contributed by atoms with E-state index in [2.05, 4.69) is 10.3 Å². The molecular formula is C15H18N4O. The number of pyridine rings is 1. The van der Waals surface area contributed by atoms with Crippen LogP contribution in [-0.4, -0.2) is 23.0 Å². The molecule has 5 heteroatoms. The van der Waals surface area contributed by atoms with Crippen LogP contribution in [0.15, 0.2) is 48.7 Å². The molecule has 2 amide bonds. The van der Waals surface area contributed by atoms with Crippen LogP contribution in [0.4, 0.5) is 10.5 Å². The molecule has 2 rings (SSSR count). The van der Waals surface area contributed by atoms with Crippen LogP contribution in [0.5, 0.6) is 0 Å². The van der Waals surface area contributed by atoms with Crippen molar-refractivity contribution in [2.24, 2.45) is 5.73 Å². The first-order chi connectivity index (χ1) is 9.69. The lowest BCUT2D eigenvalue weighted by Crippen LogP contribution is -2.31. The standard InChI is InChI=1S/C15H18N4O/c1-19(11-14-6-2-3-8-17-14)15(20)18-13-7-4-5-12(9-13)10-16/h2-9H,10-11,16H2,1H3,(H,18,20). The van der Waals surface area contributed by atoms with Gasteiger partial charge in [0.15, 0.2) is 0 Å². The highest BCUT2D eigenvalue weighted by molar-refractivity contribution is 5.89. The van der Waals surface area contributed by atoms with Gasteiger partial charge in [0.2, 0.25) is 0 Å². The number of amides is 2. The minimum atomic E-state index is -0.176. The predicted octanol–water partition coefficient (Wildman–Crippen LogP) is 2.20. The molecule has 5 nitrogen and oxygen atoms in total. The van der Waals surface area contributed by atoms with Crippen molar-refractivity contribution < 1.29 is 4.79 Å². The molecule has 104 valence electrons. The number of carbonyl (C=O) groups is 1. The topological polar surface area (TPSA) is 71.2 Å². The zero-order valence-corrected chi connectivity index (χ0v) is 11.4. The van der Waals surface area contributed by atoms with Crippen LogP contribution in [0.1, 0.15) is 11.3 Å². The zero-order chi connectivity index (χ0) is 14.4. The molecule has 0 saturated heterocycles. The van der Waals surface area contributed by atoms with E-state index in [1.165, 1.54) is 0 Å². The first-order valence-electron chi connectivity index (χ1n) is 6.40. The van der Waals surface area contributed by atoms with E-state index in [4.69, 9.17) is 5.73 Å². The van der Waals surface area contributed by atoms with E-state index in [0.29, 0.717) is 13.1 Å². The lowest BCUT2D eigenvalue weighted by atomic mass is 10.2. The van der Waals surface area contributed by atoms with Gasteiger partial charge in [-0.25, -0.2) is 4.79 Å². The predicted molar refractivity (Wildman–Crippen MR) is 79.1 cm³/mol. The molecule has 0 bridgehead atoms. The summed E-state index contributed by atoms with van der Waals surface area (Å²) in [4.78, 5) is 17.9. The highest BCUT2D eigenvalue weighted by Gasteiger charge is 2.09. The number of aromatic nitrogens is 1. The maximum Gasteiger partial charge on any atom is 0.321 e. The first kappa shape index (κ1) is 14.0. The van der Waals surface area contributed by atoms with Crippen LogP contribution >= 0.6 is 0 Å². The Morgan fingerprint density at radius 3 is 2.85 bits per heavy atom. The summed E-state index contributed by atoms with van der Waals surface area (Å²) >= 11 is 0. The molecule has 0 fully saturated rings. The molecule has 1 heterocycles. The summed E-state index contributed by atoms with van der Waals surface area (Å²) in [6.45, 7) is 0.913. The third-order valence-electron chi connectivity index (χ3n) is 2.89. The van der Waals surface area contributed by atoms with Crippen molar-refractivity contribution >= 4 is 11.7 Å². The van der Waals surface area contributed by atoms with Gasteiger partial charge in [0.05, 0.1) is 12.2 Å². The van der Waals surface area contributed by atoms with Gasteiger partial charge < -0.3 is 16.0 Å². The Kier molecular flexibility index (Phi) is 4.68. The van der Waals surface area contributed by atoms with Gasteiger partial charge >= 0.3 is 6.03 Å². The molecule has 0 saturated carbocycles. The van der Waals surface area contributed by atoms with Crippen molar-refractivity contribution in [3.05, 3.63) is 59.9 Å². The lowest BCUT2D eigenvalue weighted by Gasteiger charge is -2.17. The van der Waals surface area contributed by atoms with E-state index in [1.807, 2.05) is 42.5 Å². The monoisotopic (exact) mass is 270 g/mol. The maximum absolute atomic E-state index is 12.1. The van der Waals surface area contributed by atoms with Gasteiger partial charge in [-0.2, -0.15) is 0 Å². The Hall–Kier alpha value is -2.40. The highest BCUT2D eigenvalue weighted by atomic mass is 16.2. The molecule has 2 aromatic rings. The Balaban J connectivity index is 1.97. The molecule has 0 radical (unpaired) electrons. The summed E-state index contributed by atoms with van der Waals surface area (Å²) in [7, 11) is 1.73. The van der Waals surface area contributed by atoms with Crippen LogP contribution in [0, 0.1) is 0 Å². The average molecular weight is 270 g/mol. The van der Waals surface area contributed by atoms with Crippen molar-refractivity contribution in [2.45, 2.75) is 13.1 Å². The minimum Gasteiger partial charge on any atom is -0.326 e. The highest BCUT2D eigenvalue weighted by Crippen LogP contribution is 2.11. The first-order valence-corrected chi connectivity index (χ1v) is 6.40. The second kappa shape index (κ2) is 6.68. The van der Waals surface area contributed by atoms with Gasteiger partial charge in [0.25, 0.3) is 0 Å². The van der Waals surface area contributed by atoms with Crippen LogP contribution < -0.4 is 11.1 Å². The lowest BCUT2D eigenvalue weighted by molar-refractivity contribution is 0.220. The molecule has 1 aromatic heterocycles. The fourth-order valence-corrected chi connectivity index (χ4v) is 1.80. The maximum atomic E-state index is 12.1. The molecule has 0 aliphatic heterocycles. The smallest absolute Gasteiger partial charge is 0.321 e. The number of anilines is 1. The van der Waals surface area contributed by atoms with Gasteiger partial charge in [0, 0.05) is 25.5 Å². The SMILES string of the molecule is CN(Cc1ccccn1)C(=O)Nc1cccc(CN)c1. The van der Waals surface area contributed by atoms with E-state index in [9.17, 15) is 4.79 Å². The van der Waals surface area contributed by atoms with Crippen molar-refractivity contribution in [2.75, 3.05) is 12.4 Å². The molecule has 0 aliphatic rings. The van der Waals surface area contributed by atoms with E-state index < -0.39 is 0 Å². The largest absolute Gasteiger partial charge is 0.326 e. The van der Waals surface area contributed by atoms with Gasteiger partial charge in [-0.3, -0.25) is 4.98 Å². The van der Waals surface area contributed by atoms with Crippen LogP contribution in [0.2, 0.25) is 0 Å². The van der Waals surface area contributed by atoms with E-state index in [1.54, 1.807) is 18.1 Å². The summed E-state index contributed by atoms with van der Waals surface area (Å²) < 4.78 is 0. The third kappa shape index (κ3) is 3.80. The summed E-state index contributed by atoms with van der Waals surface area (Å²) in [5.74, 6) is 0. The van der Waals surface area contributed by atoms with E-state index in [-0.39, 0.29) is 6.03 Å². The summed E-state index contributed by atoms with van der Waals surface area (Å²) in [5.41, 5.74) is 8.15. The fraction of sp³-hybridized carbons (Fsp3) is 0.200. The van der Waals surface area contributed by atoms with Crippen LogP contribution in [0.25, 0.3) is 0 Å². The van der Waals surface area contributed by atoms with Crippen molar-refractivity contribution in [3.63, 3.8) is 0 Å². The van der Waals surface area contributed by atoms with Gasteiger partial charge in [-0.1, -0.05) is 18.2 Å². The van der Waals surface area contributed by atoms with Crippen molar-refractivity contribution in [3.8, 4) is 0 Å². The number of benzene rings is 1. The minimum absolute atomic E-state index is 0.176. The third-order valence-corrected chi connectivity index (χ3v) is 2.89. The molecule has 20 heavy (non-hydrogen) atoms. The number of nitrogens with one attached hydrogen (secondary N) is 1. The van der Waals surface area contributed by atoms with Crippen molar-refractivity contribution in [1.29, 1.82) is 0 Å². The number of urea groups is 1. The number of nitrogens with zero attached hydrogens (tertiary/aromatic N) is 2. The Bertz CT molecular complexity index is 571. The number of rotatable bonds is 4. The Morgan fingerprint density at radius 1 is 1.30 bits per heavy atom. The molecule has 0 unspecified atom stereocenters. The summed E-state index contributed by atoms with van der Waals surface area (Å²) in [6.07, 6.45) is 1.71. The average Bonchev–Trinajstić information content (AvgIpc) is 2.48. The van der Waals surface area contributed by atoms with Gasteiger partial charge in [0.1, 0.15) is 0 Å². The van der Waals surface area contributed by atoms with Gasteiger partial charge in [-0.05, 0) is 29.8 Å². The van der Waals surface area contributed by atoms with E-state index >= 15 is 0 Å². The van der Waals surface area contributed by atoms with Crippen molar-refractivity contribution in [1.82, 2.24) is 9.88 Å². The molecule has 1 aromatic carbocycles. The number of carbonyl (C=O) groups excluding carboxylic acids is 1. The number of hydrogen-bond acceptors (Lipinski definition) is 3. The van der Waals surface area contributed by atoms with Gasteiger partial charge in [-0.15, -0.1) is 0 Å². The zero-order valence-electron chi connectivity index (χ0n) is 11.4. The van der Waals surface area contributed by atoms with Crippen LogP contribution in [0.3, 0.4) is 0 Å². The number of hydrogen-bond donors (Lipinski definition) is 2. The van der Waals surface area contributed by atoms with Crippen LogP contribution in [-0.2, 0) is 13.1 Å². The number of nitrogens with two attached hydrogens (primary N) is 1. The second-order valence-electron chi connectivity index (χ2n) is 4.51. The molecule has 0 aliphatic carbocycles. The fourth-order valence-electron chi connectivity index (χ4n) is 1.80. The summed E-state index contributed by atoms with van der Waals surface area (Å²) in [6, 6.07) is 13.0. The molecule has 3 N–H and O–H groups in total. The molecule has 0 spiro atoms. The summed E-state index contributed by atoms with van der Waals surface area (Å²) in [5, 5.41) is 2.84.